The molecule has 2 heterocycles. The molecule has 0 aromatic carbocycles. The van der Waals surface area contributed by atoms with Gasteiger partial charge in [0.05, 0.1) is 6.61 Å². The van der Waals surface area contributed by atoms with E-state index in [2.05, 4.69) is 22.1 Å². The predicted molar refractivity (Wildman–Crippen MR) is 85.7 cm³/mol. The maximum Gasteiger partial charge on any atom is 0.193 e. The van der Waals surface area contributed by atoms with Crippen molar-refractivity contribution < 1.29 is 4.74 Å². The monoisotopic (exact) mass is 367 g/mol. The third-order valence-electron chi connectivity index (χ3n) is 3.74. The van der Waals surface area contributed by atoms with Gasteiger partial charge in [-0.3, -0.25) is 4.99 Å². The summed E-state index contributed by atoms with van der Waals surface area (Å²) in [5, 5.41) is 3.50. The van der Waals surface area contributed by atoms with E-state index in [1.54, 1.807) is 0 Å². The zero-order chi connectivity index (χ0) is 12.1. The van der Waals surface area contributed by atoms with Crippen molar-refractivity contribution in [2.75, 3.05) is 39.9 Å². The van der Waals surface area contributed by atoms with Crippen LogP contribution in [0.2, 0.25) is 0 Å². The smallest absolute Gasteiger partial charge is 0.193 e. The number of ether oxygens (including phenoxy) is 1. The Morgan fingerprint density at radius 1 is 1.44 bits per heavy atom. The van der Waals surface area contributed by atoms with Gasteiger partial charge >= 0.3 is 0 Å². The van der Waals surface area contributed by atoms with Crippen LogP contribution in [0, 0.1) is 11.8 Å². The highest BCUT2D eigenvalue weighted by Crippen LogP contribution is 2.16. The third-order valence-corrected chi connectivity index (χ3v) is 3.74. The number of likely N-dealkylation sites (tertiary alicyclic amines) is 1. The normalized spacial score (nSPS) is 29.0. The van der Waals surface area contributed by atoms with Crippen LogP contribution in [0.15, 0.2) is 4.99 Å². The molecule has 2 fully saturated rings. The predicted octanol–water partition coefficient (Wildman–Crippen LogP) is 1.95. The summed E-state index contributed by atoms with van der Waals surface area (Å²) in [7, 11) is 1.88. The SMILES string of the molecule is CN=C(NCC1CCOC1)N1CCCC(C)C1.I. The molecule has 0 aromatic heterocycles. The van der Waals surface area contributed by atoms with Crippen LogP contribution in [0.5, 0.6) is 0 Å². The molecule has 1 N–H and O–H groups in total. The van der Waals surface area contributed by atoms with Gasteiger partial charge in [0.25, 0.3) is 0 Å². The number of piperidine rings is 1. The third kappa shape index (κ3) is 4.57. The Kier molecular flexibility index (Phi) is 7.29. The topological polar surface area (TPSA) is 36.9 Å². The summed E-state index contributed by atoms with van der Waals surface area (Å²) in [6.45, 7) is 7.43. The highest BCUT2D eigenvalue weighted by molar-refractivity contribution is 14.0. The van der Waals surface area contributed by atoms with E-state index in [-0.39, 0.29) is 24.0 Å². The zero-order valence-electron chi connectivity index (χ0n) is 11.5. The molecule has 2 aliphatic heterocycles. The van der Waals surface area contributed by atoms with Gasteiger partial charge in [0.15, 0.2) is 5.96 Å². The first-order chi connectivity index (χ1) is 8.29. The molecule has 106 valence electrons. The Bertz CT molecular complexity index is 267. The lowest BCUT2D eigenvalue weighted by molar-refractivity contribution is 0.185. The summed E-state index contributed by atoms with van der Waals surface area (Å²) in [4.78, 5) is 6.79. The first kappa shape index (κ1) is 16.0. The number of nitrogens with zero attached hydrogens (tertiary/aromatic N) is 2. The van der Waals surface area contributed by atoms with Crippen molar-refractivity contribution in [3.05, 3.63) is 0 Å². The Labute approximate surface area is 128 Å². The van der Waals surface area contributed by atoms with Crippen molar-refractivity contribution in [3.63, 3.8) is 0 Å². The van der Waals surface area contributed by atoms with Crippen LogP contribution in [-0.4, -0.2) is 50.8 Å². The summed E-state index contributed by atoms with van der Waals surface area (Å²) in [6.07, 6.45) is 3.82. The van der Waals surface area contributed by atoms with Gasteiger partial charge < -0.3 is 15.0 Å². The minimum Gasteiger partial charge on any atom is -0.381 e. The molecular formula is C13H26IN3O. The summed E-state index contributed by atoms with van der Waals surface area (Å²) in [6, 6.07) is 0. The van der Waals surface area contributed by atoms with Gasteiger partial charge in [0, 0.05) is 39.2 Å². The standard InChI is InChI=1S/C13H25N3O.HI/c1-11-4-3-6-16(9-11)13(14-2)15-8-12-5-7-17-10-12;/h11-12H,3-10H2,1-2H3,(H,14,15);1H. The Hall–Kier alpha value is -0.0400. The number of guanidine groups is 1. The first-order valence-electron chi connectivity index (χ1n) is 6.83. The second kappa shape index (κ2) is 8.19. The number of hydrogen-bond donors (Lipinski definition) is 1. The van der Waals surface area contributed by atoms with E-state index in [1.165, 1.54) is 19.3 Å². The summed E-state index contributed by atoms with van der Waals surface area (Å²) >= 11 is 0. The molecule has 4 nitrogen and oxygen atoms in total. The molecule has 0 aromatic rings. The number of aliphatic imine (C=N–C) groups is 1. The summed E-state index contributed by atoms with van der Waals surface area (Å²) < 4.78 is 5.39. The second-order valence-corrected chi connectivity index (χ2v) is 5.35. The lowest BCUT2D eigenvalue weighted by atomic mass is 10.0. The second-order valence-electron chi connectivity index (χ2n) is 5.35. The average molecular weight is 367 g/mol. The van der Waals surface area contributed by atoms with E-state index < -0.39 is 0 Å². The molecule has 2 saturated heterocycles. The van der Waals surface area contributed by atoms with E-state index in [0.717, 1.165) is 44.7 Å². The Balaban J connectivity index is 0.00000162. The number of hydrogen-bond acceptors (Lipinski definition) is 2. The molecule has 0 spiro atoms. The highest BCUT2D eigenvalue weighted by Gasteiger charge is 2.21. The molecule has 2 unspecified atom stereocenters. The number of halogens is 1. The lowest BCUT2D eigenvalue weighted by Crippen LogP contribution is -2.47. The van der Waals surface area contributed by atoms with Gasteiger partial charge in [-0.05, 0) is 25.2 Å². The van der Waals surface area contributed by atoms with Crippen molar-refractivity contribution in [1.82, 2.24) is 10.2 Å². The van der Waals surface area contributed by atoms with Crippen LogP contribution >= 0.6 is 24.0 Å². The molecule has 0 saturated carbocycles. The molecule has 0 amide bonds. The molecule has 5 heteroatoms. The summed E-state index contributed by atoms with van der Waals surface area (Å²) in [5.74, 6) is 2.52. The van der Waals surface area contributed by atoms with Gasteiger partial charge in [-0.15, -0.1) is 24.0 Å². The molecule has 2 rings (SSSR count). The minimum atomic E-state index is 0. The largest absolute Gasteiger partial charge is 0.381 e. The lowest BCUT2D eigenvalue weighted by Gasteiger charge is -2.33. The van der Waals surface area contributed by atoms with E-state index in [1.807, 2.05) is 7.05 Å². The number of nitrogens with one attached hydrogen (secondary N) is 1. The van der Waals surface area contributed by atoms with E-state index >= 15 is 0 Å². The molecule has 0 bridgehead atoms. The molecule has 0 aliphatic carbocycles. The van der Waals surface area contributed by atoms with Crippen LogP contribution in [0.1, 0.15) is 26.2 Å². The number of rotatable bonds is 2. The van der Waals surface area contributed by atoms with E-state index in [0.29, 0.717) is 5.92 Å². The van der Waals surface area contributed by atoms with Crippen LogP contribution in [0.4, 0.5) is 0 Å². The Morgan fingerprint density at radius 2 is 2.28 bits per heavy atom. The fourth-order valence-electron chi connectivity index (χ4n) is 2.69. The average Bonchev–Trinajstić information content (AvgIpc) is 2.83. The molecule has 2 atom stereocenters. The maximum atomic E-state index is 5.39. The van der Waals surface area contributed by atoms with Gasteiger partial charge in [0.2, 0.25) is 0 Å². The van der Waals surface area contributed by atoms with Crippen molar-refractivity contribution >= 4 is 29.9 Å². The van der Waals surface area contributed by atoms with Gasteiger partial charge in [-0.2, -0.15) is 0 Å². The van der Waals surface area contributed by atoms with E-state index in [9.17, 15) is 0 Å². The fourth-order valence-corrected chi connectivity index (χ4v) is 2.69. The summed E-state index contributed by atoms with van der Waals surface area (Å²) in [5.41, 5.74) is 0. The van der Waals surface area contributed by atoms with Crippen LogP contribution in [0.3, 0.4) is 0 Å². The van der Waals surface area contributed by atoms with Gasteiger partial charge in [-0.25, -0.2) is 0 Å². The van der Waals surface area contributed by atoms with Crippen molar-refractivity contribution in [2.45, 2.75) is 26.2 Å². The van der Waals surface area contributed by atoms with Crippen molar-refractivity contribution in [3.8, 4) is 0 Å². The minimum absolute atomic E-state index is 0. The molecule has 2 aliphatic rings. The van der Waals surface area contributed by atoms with Crippen molar-refractivity contribution in [2.24, 2.45) is 16.8 Å². The zero-order valence-corrected chi connectivity index (χ0v) is 13.9. The molecule has 0 radical (unpaired) electrons. The fraction of sp³-hybridized carbons (Fsp3) is 0.923. The van der Waals surface area contributed by atoms with Crippen molar-refractivity contribution in [1.29, 1.82) is 0 Å². The first-order valence-corrected chi connectivity index (χ1v) is 6.83. The van der Waals surface area contributed by atoms with Crippen LogP contribution < -0.4 is 5.32 Å². The van der Waals surface area contributed by atoms with Gasteiger partial charge in [-0.1, -0.05) is 6.92 Å². The van der Waals surface area contributed by atoms with E-state index in [4.69, 9.17) is 4.74 Å². The highest BCUT2D eigenvalue weighted by atomic mass is 127. The van der Waals surface area contributed by atoms with Crippen LogP contribution in [0.25, 0.3) is 0 Å². The quantitative estimate of drug-likeness (QED) is 0.461. The maximum absolute atomic E-state index is 5.39. The van der Waals surface area contributed by atoms with Gasteiger partial charge in [0.1, 0.15) is 0 Å². The van der Waals surface area contributed by atoms with Crippen LogP contribution in [-0.2, 0) is 4.74 Å². The molecular weight excluding hydrogens is 341 g/mol. The Morgan fingerprint density at radius 3 is 2.89 bits per heavy atom. The molecule has 18 heavy (non-hydrogen) atoms.